The second-order valence-corrected chi connectivity index (χ2v) is 10.3. The van der Waals surface area contributed by atoms with Crippen molar-refractivity contribution in [2.24, 2.45) is 0 Å². The van der Waals surface area contributed by atoms with E-state index in [2.05, 4.69) is 15.5 Å². The lowest BCUT2D eigenvalue weighted by molar-refractivity contribution is -0.113. The summed E-state index contributed by atoms with van der Waals surface area (Å²) in [6, 6.07) is 6.62. The molecule has 1 aliphatic carbocycles. The third-order valence-electron chi connectivity index (χ3n) is 5.14. The number of esters is 1. The molecule has 1 aliphatic rings. The van der Waals surface area contributed by atoms with E-state index in [9.17, 15) is 18.0 Å². The molecule has 0 bridgehead atoms. The number of aryl methyl sites for hydroxylation is 1. The fourth-order valence-corrected chi connectivity index (χ4v) is 5.76. The number of rotatable bonds is 7. The van der Waals surface area contributed by atoms with Crippen molar-refractivity contribution in [2.75, 3.05) is 25.3 Å². The Bertz CT molecular complexity index is 1290. The van der Waals surface area contributed by atoms with Crippen LogP contribution in [0.4, 0.5) is 5.00 Å². The highest BCUT2D eigenvalue weighted by Crippen LogP contribution is 2.38. The number of amides is 1. The molecule has 4 rings (SSSR count). The first-order chi connectivity index (χ1) is 15.8. The molecule has 2 aromatic heterocycles. The number of ether oxygens (including phenoxy) is 2. The second-order valence-electron chi connectivity index (χ2n) is 7.32. The molecule has 2 heterocycles. The molecule has 0 atom stereocenters. The molecule has 1 amide bonds. The Morgan fingerprint density at radius 2 is 1.85 bits per heavy atom. The van der Waals surface area contributed by atoms with Gasteiger partial charge in [-0.25, -0.2) is 13.2 Å². The Balaban J connectivity index is 1.51. The Hall–Kier alpha value is -3.25. The molecule has 10 nitrogen and oxygen atoms in total. The van der Waals surface area contributed by atoms with Crippen LogP contribution in [0.1, 0.15) is 33.6 Å². The molecular formula is C21H21N3O7S2. The number of aromatic nitrogens is 2. The zero-order valence-corrected chi connectivity index (χ0v) is 19.5. The van der Waals surface area contributed by atoms with Crippen molar-refractivity contribution >= 4 is 38.1 Å². The molecule has 0 radical (unpaired) electrons. The summed E-state index contributed by atoms with van der Waals surface area (Å²) in [7, 11) is -1.42. The van der Waals surface area contributed by atoms with Crippen molar-refractivity contribution in [3.8, 4) is 17.2 Å². The van der Waals surface area contributed by atoms with E-state index >= 15 is 0 Å². The van der Waals surface area contributed by atoms with Gasteiger partial charge in [-0.1, -0.05) is 5.10 Å². The van der Waals surface area contributed by atoms with Crippen LogP contribution in [0.15, 0.2) is 33.9 Å². The van der Waals surface area contributed by atoms with Crippen molar-refractivity contribution in [3.05, 3.63) is 40.3 Å². The van der Waals surface area contributed by atoms with E-state index in [1.54, 1.807) is 24.3 Å². The van der Waals surface area contributed by atoms with Gasteiger partial charge in [-0.2, -0.15) is 0 Å². The van der Waals surface area contributed by atoms with Crippen molar-refractivity contribution in [2.45, 2.75) is 30.9 Å². The summed E-state index contributed by atoms with van der Waals surface area (Å²) in [5.74, 6) is -1.68. The zero-order valence-electron chi connectivity index (χ0n) is 17.9. The van der Waals surface area contributed by atoms with Crippen molar-refractivity contribution in [3.63, 3.8) is 0 Å². The van der Waals surface area contributed by atoms with Gasteiger partial charge in [0.25, 0.3) is 0 Å². The maximum atomic E-state index is 12.7. The fourth-order valence-electron chi connectivity index (χ4n) is 3.55. The molecule has 0 saturated carbocycles. The molecular weight excluding hydrogens is 470 g/mol. The van der Waals surface area contributed by atoms with Crippen LogP contribution in [-0.4, -0.2) is 50.5 Å². The number of thiophene rings is 1. The predicted octanol–water partition coefficient (Wildman–Crippen LogP) is 2.88. The molecule has 1 N–H and O–H groups in total. The predicted molar refractivity (Wildman–Crippen MR) is 119 cm³/mol. The summed E-state index contributed by atoms with van der Waals surface area (Å²) in [5.41, 5.74) is 1.65. The van der Waals surface area contributed by atoms with Crippen molar-refractivity contribution in [1.82, 2.24) is 10.2 Å². The third-order valence-corrected chi connectivity index (χ3v) is 7.69. The number of carbonyl (C=O) groups excluding carboxylic acids is 2. The van der Waals surface area contributed by atoms with Crippen LogP contribution >= 0.6 is 11.3 Å². The Morgan fingerprint density at radius 3 is 2.55 bits per heavy atom. The minimum absolute atomic E-state index is 0.00412. The standard InChI is InChI=1S/C21H21N3O7S2/c1-29-13-9-7-12(8-10-13)18-23-24-21(31-18)33(27,28)11-16(25)22-19-17(20(26)30-2)14-5-3-4-6-15(14)32-19/h7-10H,3-6,11H2,1-2H3,(H,22,25). The normalized spacial score (nSPS) is 13.3. The van der Waals surface area contributed by atoms with Gasteiger partial charge in [-0.15, -0.1) is 16.4 Å². The minimum Gasteiger partial charge on any atom is -0.497 e. The monoisotopic (exact) mass is 491 g/mol. The zero-order chi connectivity index (χ0) is 23.6. The molecule has 0 unspecified atom stereocenters. The summed E-state index contributed by atoms with van der Waals surface area (Å²) >= 11 is 1.27. The number of benzene rings is 1. The first-order valence-corrected chi connectivity index (χ1v) is 12.5. The average molecular weight is 492 g/mol. The molecule has 0 saturated heterocycles. The Labute approximate surface area is 193 Å². The molecule has 0 spiro atoms. The highest BCUT2D eigenvalue weighted by Gasteiger charge is 2.30. The van der Waals surface area contributed by atoms with Gasteiger partial charge in [0.2, 0.25) is 21.6 Å². The number of hydrogen-bond acceptors (Lipinski definition) is 10. The van der Waals surface area contributed by atoms with Crippen LogP contribution in [0.3, 0.4) is 0 Å². The first-order valence-electron chi connectivity index (χ1n) is 10.1. The van der Waals surface area contributed by atoms with E-state index in [0.717, 1.165) is 29.7 Å². The van der Waals surface area contributed by atoms with E-state index in [0.29, 0.717) is 28.3 Å². The number of carbonyl (C=O) groups is 2. The molecule has 0 fully saturated rings. The van der Waals surface area contributed by atoms with Crippen LogP contribution in [0, 0.1) is 0 Å². The molecule has 33 heavy (non-hydrogen) atoms. The van der Waals surface area contributed by atoms with Gasteiger partial charge in [0.1, 0.15) is 16.5 Å². The maximum Gasteiger partial charge on any atom is 0.341 e. The van der Waals surface area contributed by atoms with E-state index < -0.39 is 32.7 Å². The number of nitrogens with one attached hydrogen (secondary N) is 1. The molecule has 3 aromatic rings. The van der Waals surface area contributed by atoms with Gasteiger partial charge >= 0.3 is 11.2 Å². The third kappa shape index (κ3) is 4.76. The number of sulfone groups is 1. The minimum atomic E-state index is -4.21. The quantitative estimate of drug-likeness (QED) is 0.494. The van der Waals surface area contributed by atoms with Gasteiger partial charge in [0, 0.05) is 10.4 Å². The number of hydrogen-bond donors (Lipinski definition) is 1. The number of methoxy groups -OCH3 is 2. The summed E-state index contributed by atoms with van der Waals surface area (Å²) in [6.07, 6.45) is 3.43. The molecule has 1 aromatic carbocycles. The lowest BCUT2D eigenvalue weighted by Crippen LogP contribution is -2.24. The van der Waals surface area contributed by atoms with Crippen LogP contribution in [0.2, 0.25) is 0 Å². The van der Waals surface area contributed by atoms with E-state index in [1.807, 2.05) is 0 Å². The van der Waals surface area contributed by atoms with Gasteiger partial charge in [-0.3, -0.25) is 4.79 Å². The molecule has 12 heteroatoms. The van der Waals surface area contributed by atoms with Crippen molar-refractivity contribution < 1.29 is 31.9 Å². The smallest absolute Gasteiger partial charge is 0.341 e. The molecule has 0 aliphatic heterocycles. The lowest BCUT2D eigenvalue weighted by Gasteiger charge is -2.11. The highest BCUT2D eigenvalue weighted by molar-refractivity contribution is 7.91. The maximum absolute atomic E-state index is 12.7. The van der Waals surface area contributed by atoms with Crippen LogP contribution in [-0.2, 0) is 32.2 Å². The Kier molecular flexibility index (Phi) is 6.47. The van der Waals surface area contributed by atoms with Crippen LogP contribution < -0.4 is 10.1 Å². The summed E-state index contributed by atoms with van der Waals surface area (Å²) in [5, 5.41) is 9.54. The number of fused-ring (bicyclic) bond motifs is 1. The van der Waals surface area contributed by atoms with Crippen LogP contribution in [0.25, 0.3) is 11.5 Å². The summed E-state index contributed by atoms with van der Waals surface area (Å²) in [4.78, 5) is 25.9. The van der Waals surface area contributed by atoms with Crippen molar-refractivity contribution in [1.29, 1.82) is 0 Å². The molecule has 174 valence electrons. The van der Waals surface area contributed by atoms with E-state index in [4.69, 9.17) is 13.9 Å². The average Bonchev–Trinajstić information content (AvgIpc) is 3.44. The Morgan fingerprint density at radius 1 is 1.12 bits per heavy atom. The topological polar surface area (TPSA) is 138 Å². The SMILES string of the molecule is COC(=O)c1c(NC(=O)CS(=O)(=O)c2nnc(-c3ccc(OC)cc3)o2)sc2c1CCCC2. The van der Waals surface area contributed by atoms with Gasteiger partial charge in [0.15, 0.2) is 0 Å². The lowest BCUT2D eigenvalue weighted by atomic mass is 9.95. The van der Waals surface area contributed by atoms with Gasteiger partial charge in [-0.05, 0) is 55.5 Å². The highest BCUT2D eigenvalue weighted by atomic mass is 32.2. The van der Waals surface area contributed by atoms with Gasteiger partial charge in [0.05, 0.1) is 19.8 Å². The first kappa shape index (κ1) is 22.9. The van der Waals surface area contributed by atoms with Crippen LogP contribution in [0.5, 0.6) is 5.75 Å². The second kappa shape index (κ2) is 9.32. The van der Waals surface area contributed by atoms with Gasteiger partial charge < -0.3 is 19.2 Å². The summed E-state index contributed by atoms with van der Waals surface area (Å²) < 4.78 is 40.6. The largest absolute Gasteiger partial charge is 0.497 e. The number of nitrogens with zero attached hydrogens (tertiary/aromatic N) is 2. The van der Waals surface area contributed by atoms with E-state index in [-0.39, 0.29) is 5.89 Å². The number of anilines is 1. The fraction of sp³-hybridized carbons (Fsp3) is 0.333. The van der Waals surface area contributed by atoms with E-state index in [1.165, 1.54) is 25.6 Å². The summed E-state index contributed by atoms with van der Waals surface area (Å²) in [6.45, 7) is 0.